The number of nitrogens with zero attached hydrogens (tertiary/aromatic N) is 2. The van der Waals surface area contributed by atoms with Gasteiger partial charge in [0.1, 0.15) is 5.82 Å². The molecule has 1 atom stereocenters. The number of aromatic nitrogens is 1. The van der Waals surface area contributed by atoms with E-state index in [2.05, 4.69) is 30.7 Å². The van der Waals surface area contributed by atoms with Crippen molar-refractivity contribution in [2.24, 2.45) is 0 Å². The first-order valence-corrected chi connectivity index (χ1v) is 5.83. The van der Waals surface area contributed by atoms with Crippen LogP contribution in [0, 0.1) is 0 Å². The van der Waals surface area contributed by atoms with E-state index in [4.69, 9.17) is 0 Å². The van der Waals surface area contributed by atoms with Crippen LogP contribution in [-0.2, 0) is 0 Å². The van der Waals surface area contributed by atoms with Crippen molar-refractivity contribution in [2.45, 2.75) is 40.2 Å². The number of Topliss-reactive ketones (excluding diaryl/α,β-unsaturated/α-hetero) is 1. The monoisotopic (exact) mass is 220 g/mol. The Morgan fingerprint density at radius 2 is 2.12 bits per heavy atom. The minimum atomic E-state index is 0.0608. The Kier molecular flexibility index (Phi) is 4.47. The Hall–Kier alpha value is -1.38. The zero-order chi connectivity index (χ0) is 12.1. The summed E-state index contributed by atoms with van der Waals surface area (Å²) in [6.45, 7) is 8.96. The predicted octanol–water partition coefficient (Wildman–Crippen LogP) is 2.91. The third kappa shape index (κ3) is 2.81. The number of hydrogen-bond acceptors (Lipinski definition) is 3. The average molecular weight is 220 g/mol. The molecule has 0 bridgehead atoms. The van der Waals surface area contributed by atoms with Crippen LogP contribution >= 0.6 is 0 Å². The van der Waals surface area contributed by atoms with E-state index in [0.717, 1.165) is 18.8 Å². The topological polar surface area (TPSA) is 33.2 Å². The number of pyridine rings is 1. The first-order chi connectivity index (χ1) is 7.60. The molecular weight excluding hydrogens is 200 g/mol. The van der Waals surface area contributed by atoms with Crippen LogP contribution in [0.3, 0.4) is 0 Å². The Morgan fingerprint density at radius 3 is 2.50 bits per heavy atom. The molecule has 0 radical (unpaired) electrons. The standard InChI is InChI=1S/C13H20N2O/c1-5-10(3)15(6-2)13-8-7-12(9-14-13)11(4)16/h7-10H,5-6H2,1-4H3. The van der Waals surface area contributed by atoms with Crippen molar-refractivity contribution < 1.29 is 4.79 Å². The van der Waals surface area contributed by atoms with E-state index in [9.17, 15) is 4.79 Å². The highest BCUT2D eigenvalue weighted by Gasteiger charge is 2.12. The molecule has 88 valence electrons. The van der Waals surface area contributed by atoms with Crippen molar-refractivity contribution in [1.29, 1.82) is 0 Å². The van der Waals surface area contributed by atoms with Crippen LogP contribution in [0.15, 0.2) is 18.3 Å². The normalized spacial score (nSPS) is 12.2. The maximum Gasteiger partial charge on any atom is 0.161 e. The zero-order valence-electron chi connectivity index (χ0n) is 10.5. The SMILES string of the molecule is CCC(C)N(CC)c1ccc(C(C)=O)cn1. The van der Waals surface area contributed by atoms with Crippen LogP contribution in [0.5, 0.6) is 0 Å². The molecule has 0 fully saturated rings. The van der Waals surface area contributed by atoms with Gasteiger partial charge in [0.2, 0.25) is 0 Å². The number of rotatable bonds is 5. The van der Waals surface area contributed by atoms with Crippen LogP contribution in [0.2, 0.25) is 0 Å². The summed E-state index contributed by atoms with van der Waals surface area (Å²) >= 11 is 0. The number of carbonyl (C=O) groups excluding carboxylic acids is 1. The molecule has 3 nitrogen and oxygen atoms in total. The van der Waals surface area contributed by atoms with Gasteiger partial charge in [-0.3, -0.25) is 4.79 Å². The molecule has 0 amide bonds. The highest BCUT2D eigenvalue weighted by atomic mass is 16.1. The third-order valence-electron chi connectivity index (χ3n) is 2.91. The molecule has 16 heavy (non-hydrogen) atoms. The van der Waals surface area contributed by atoms with Crippen molar-refractivity contribution in [3.63, 3.8) is 0 Å². The molecule has 1 unspecified atom stereocenters. The molecule has 1 heterocycles. The Balaban J connectivity index is 2.90. The average Bonchev–Trinajstić information content (AvgIpc) is 2.30. The molecule has 0 aliphatic rings. The van der Waals surface area contributed by atoms with Crippen molar-refractivity contribution >= 4 is 11.6 Å². The maximum absolute atomic E-state index is 11.1. The van der Waals surface area contributed by atoms with Gasteiger partial charge in [-0.15, -0.1) is 0 Å². The number of hydrogen-bond donors (Lipinski definition) is 0. The second-order valence-electron chi connectivity index (χ2n) is 4.00. The zero-order valence-corrected chi connectivity index (χ0v) is 10.5. The highest BCUT2D eigenvalue weighted by Crippen LogP contribution is 2.15. The first-order valence-electron chi connectivity index (χ1n) is 5.83. The molecule has 0 aliphatic carbocycles. The number of ketones is 1. The van der Waals surface area contributed by atoms with E-state index < -0.39 is 0 Å². The van der Waals surface area contributed by atoms with Crippen LogP contribution in [0.4, 0.5) is 5.82 Å². The largest absolute Gasteiger partial charge is 0.354 e. The van der Waals surface area contributed by atoms with Crippen LogP contribution in [-0.4, -0.2) is 23.4 Å². The summed E-state index contributed by atoms with van der Waals surface area (Å²) in [4.78, 5) is 17.7. The van der Waals surface area contributed by atoms with Gasteiger partial charge in [0.15, 0.2) is 5.78 Å². The van der Waals surface area contributed by atoms with Crippen LogP contribution in [0.25, 0.3) is 0 Å². The van der Waals surface area contributed by atoms with Crippen molar-refractivity contribution in [3.05, 3.63) is 23.9 Å². The molecule has 0 spiro atoms. The summed E-state index contributed by atoms with van der Waals surface area (Å²) in [7, 11) is 0. The van der Waals surface area contributed by atoms with Crippen molar-refractivity contribution in [1.82, 2.24) is 4.98 Å². The molecule has 1 aromatic rings. The minimum absolute atomic E-state index is 0.0608. The van der Waals surface area contributed by atoms with Gasteiger partial charge in [-0.25, -0.2) is 4.98 Å². The van der Waals surface area contributed by atoms with Gasteiger partial charge in [-0.1, -0.05) is 6.92 Å². The fraction of sp³-hybridized carbons (Fsp3) is 0.538. The van der Waals surface area contributed by atoms with Gasteiger partial charge in [0.25, 0.3) is 0 Å². The van der Waals surface area contributed by atoms with E-state index in [0.29, 0.717) is 11.6 Å². The first kappa shape index (κ1) is 12.7. The minimum Gasteiger partial charge on any atom is -0.354 e. The van der Waals surface area contributed by atoms with Crippen LogP contribution < -0.4 is 4.90 Å². The molecule has 0 saturated carbocycles. The fourth-order valence-electron chi connectivity index (χ4n) is 1.68. The Labute approximate surface area is 97.5 Å². The third-order valence-corrected chi connectivity index (χ3v) is 2.91. The van der Waals surface area contributed by atoms with Gasteiger partial charge in [0.05, 0.1) is 0 Å². The van der Waals surface area contributed by atoms with E-state index in [-0.39, 0.29) is 5.78 Å². The van der Waals surface area contributed by atoms with Crippen molar-refractivity contribution in [3.8, 4) is 0 Å². The maximum atomic E-state index is 11.1. The molecular formula is C13H20N2O. The second kappa shape index (κ2) is 5.64. The predicted molar refractivity (Wildman–Crippen MR) is 67.0 cm³/mol. The number of anilines is 1. The molecule has 0 aromatic carbocycles. The van der Waals surface area contributed by atoms with E-state index in [1.807, 2.05) is 12.1 Å². The van der Waals surface area contributed by atoms with Gasteiger partial charge in [0, 0.05) is 24.3 Å². The lowest BCUT2D eigenvalue weighted by atomic mass is 10.2. The summed E-state index contributed by atoms with van der Waals surface area (Å²) in [5.74, 6) is 1.01. The van der Waals surface area contributed by atoms with Gasteiger partial charge in [-0.2, -0.15) is 0 Å². The summed E-state index contributed by atoms with van der Waals surface area (Å²) in [6, 6.07) is 4.24. The smallest absolute Gasteiger partial charge is 0.161 e. The lowest BCUT2D eigenvalue weighted by molar-refractivity contribution is 0.101. The van der Waals surface area contributed by atoms with Crippen molar-refractivity contribution in [2.75, 3.05) is 11.4 Å². The lowest BCUT2D eigenvalue weighted by Crippen LogP contribution is -2.32. The van der Waals surface area contributed by atoms with E-state index in [1.54, 1.807) is 13.1 Å². The molecule has 1 rings (SSSR count). The molecule has 0 aliphatic heterocycles. The summed E-state index contributed by atoms with van der Waals surface area (Å²) < 4.78 is 0. The number of carbonyl (C=O) groups is 1. The molecule has 1 aromatic heterocycles. The highest BCUT2D eigenvalue weighted by molar-refractivity contribution is 5.93. The fourth-order valence-corrected chi connectivity index (χ4v) is 1.68. The molecule has 0 saturated heterocycles. The molecule has 3 heteroatoms. The summed E-state index contributed by atoms with van der Waals surface area (Å²) in [5, 5.41) is 0. The lowest BCUT2D eigenvalue weighted by Gasteiger charge is -2.28. The van der Waals surface area contributed by atoms with Gasteiger partial charge in [-0.05, 0) is 39.3 Å². The van der Waals surface area contributed by atoms with Gasteiger partial charge < -0.3 is 4.90 Å². The summed E-state index contributed by atoms with van der Waals surface area (Å²) in [6.07, 6.45) is 2.74. The van der Waals surface area contributed by atoms with E-state index in [1.165, 1.54) is 0 Å². The molecule has 0 N–H and O–H groups in total. The second-order valence-corrected chi connectivity index (χ2v) is 4.00. The Morgan fingerprint density at radius 1 is 1.44 bits per heavy atom. The van der Waals surface area contributed by atoms with Gasteiger partial charge >= 0.3 is 0 Å². The Bertz CT molecular complexity index is 345. The quantitative estimate of drug-likeness (QED) is 0.715. The van der Waals surface area contributed by atoms with Crippen LogP contribution in [0.1, 0.15) is 44.5 Å². The summed E-state index contributed by atoms with van der Waals surface area (Å²) in [5.41, 5.74) is 0.670. The van der Waals surface area contributed by atoms with E-state index >= 15 is 0 Å².